The number of halogens is 1. The van der Waals surface area contributed by atoms with E-state index < -0.39 is 0 Å². The van der Waals surface area contributed by atoms with Crippen molar-refractivity contribution in [3.8, 4) is 17.6 Å². The normalized spacial score (nSPS) is 15.0. The van der Waals surface area contributed by atoms with E-state index in [-0.39, 0.29) is 0 Å². The molecule has 0 spiro atoms. The van der Waals surface area contributed by atoms with Crippen molar-refractivity contribution >= 4 is 22.5 Å². The van der Waals surface area contributed by atoms with Gasteiger partial charge in [0.25, 0.3) is 0 Å². The van der Waals surface area contributed by atoms with Crippen molar-refractivity contribution in [3.05, 3.63) is 59.2 Å². The number of nitriles is 1. The molecule has 2 aromatic carbocycles. The molecule has 4 rings (SSSR count). The quantitative estimate of drug-likeness (QED) is 0.416. The van der Waals surface area contributed by atoms with Crippen molar-refractivity contribution < 1.29 is 9.47 Å². The first-order chi connectivity index (χ1) is 15.7. The van der Waals surface area contributed by atoms with E-state index in [4.69, 9.17) is 21.1 Å². The van der Waals surface area contributed by atoms with Crippen molar-refractivity contribution in [3.63, 3.8) is 0 Å². The van der Waals surface area contributed by atoms with Crippen LogP contribution in [0.15, 0.2) is 48.7 Å². The molecule has 32 heavy (non-hydrogen) atoms. The predicted molar refractivity (Wildman–Crippen MR) is 129 cm³/mol. The van der Waals surface area contributed by atoms with E-state index in [1.165, 1.54) is 12.8 Å². The minimum Gasteiger partial charge on any atom is -0.495 e. The lowest BCUT2D eigenvalue weighted by atomic mass is 9.94. The van der Waals surface area contributed by atoms with E-state index >= 15 is 0 Å². The number of hydrogen-bond donors (Lipinski definition) is 0. The van der Waals surface area contributed by atoms with Crippen LogP contribution in [-0.2, 0) is 6.54 Å². The number of aromatic nitrogens is 1. The molecule has 0 amide bonds. The molecule has 3 aromatic rings. The molecule has 1 saturated heterocycles. The number of benzene rings is 2. The Morgan fingerprint density at radius 3 is 2.59 bits per heavy atom. The van der Waals surface area contributed by atoms with Crippen LogP contribution < -0.4 is 9.47 Å². The van der Waals surface area contributed by atoms with Gasteiger partial charge in [-0.05, 0) is 81.6 Å². The molecule has 1 aromatic heterocycles. The molecule has 0 unspecified atom stereocenters. The number of methoxy groups -OCH3 is 1. The van der Waals surface area contributed by atoms with E-state index in [1.54, 1.807) is 7.11 Å². The van der Waals surface area contributed by atoms with Gasteiger partial charge in [0.1, 0.15) is 17.6 Å². The standard InChI is InChI=1S/C26H30ClN3O2/c1-31-25-5-2-4-24-21(18-28)19-30(26(24)25)14-3-13-29-15-10-20(11-16-29)12-17-32-23-8-6-22(27)7-9-23/h2,4-9,19-20H,3,10-17H2,1H3. The third-order valence-electron chi connectivity index (χ3n) is 6.39. The molecular weight excluding hydrogens is 422 g/mol. The minimum absolute atomic E-state index is 0.709. The lowest BCUT2D eigenvalue weighted by Crippen LogP contribution is -2.35. The van der Waals surface area contributed by atoms with Crippen molar-refractivity contribution in [1.82, 2.24) is 9.47 Å². The van der Waals surface area contributed by atoms with Crippen LogP contribution in [0.4, 0.5) is 0 Å². The maximum atomic E-state index is 9.48. The van der Waals surface area contributed by atoms with E-state index in [1.807, 2.05) is 48.7 Å². The number of likely N-dealkylation sites (tertiary alicyclic amines) is 1. The van der Waals surface area contributed by atoms with Crippen LogP contribution in [0, 0.1) is 17.2 Å². The highest BCUT2D eigenvalue weighted by molar-refractivity contribution is 6.30. The van der Waals surface area contributed by atoms with Crippen LogP contribution in [0.3, 0.4) is 0 Å². The molecule has 0 N–H and O–H groups in total. The zero-order chi connectivity index (χ0) is 22.3. The molecule has 2 heterocycles. The van der Waals surface area contributed by atoms with Gasteiger partial charge < -0.3 is 18.9 Å². The van der Waals surface area contributed by atoms with Crippen molar-refractivity contribution in [2.75, 3.05) is 33.4 Å². The molecule has 1 aliphatic heterocycles. The molecule has 5 nitrogen and oxygen atoms in total. The summed E-state index contributed by atoms with van der Waals surface area (Å²) in [4.78, 5) is 2.56. The highest BCUT2D eigenvalue weighted by atomic mass is 35.5. The Labute approximate surface area is 195 Å². The monoisotopic (exact) mass is 451 g/mol. The van der Waals surface area contributed by atoms with Gasteiger partial charge in [0, 0.05) is 23.2 Å². The Bertz CT molecular complexity index is 1060. The third kappa shape index (κ3) is 5.38. The average molecular weight is 452 g/mol. The molecule has 0 saturated carbocycles. The number of hydrogen-bond acceptors (Lipinski definition) is 4. The summed E-state index contributed by atoms with van der Waals surface area (Å²) in [6, 6.07) is 15.8. The SMILES string of the molecule is COc1cccc2c(C#N)cn(CCCN3CCC(CCOc4ccc(Cl)cc4)CC3)c12. The lowest BCUT2D eigenvalue weighted by molar-refractivity contribution is 0.160. The number of ether oxygens (including phenoxy) is 2. The van der Waals surface area contributed by atoms with Gasteiger partial charge in [0.15, 0.2) is 0 Å². The first kappa shape index (κ1) is 22.5. The predicted octanol–water partition coefficient (Wildman–Crippen LogP) is 5.75. The van der Waals surface area contributed by atoms with Gasteiger partial charge >= 0.3 is 0 Å². The molecule has 168 valence electrons. The second kappa shape index (κ2) is 10.8. The Balaban J connectivity index is 1.21. The zero-order valence-corrected chi connectivity index (χ0v) is 19.4. The summed E-state index contributed by atoms with van der Waals surface area (Å²) in [5, 5.41) is 11.2. The van der Waals surface area contributed by atoms with Crippen molar-refractivity contribution in [1.29, 1.82) is 5.26 Å². The van der Waals surface area contributed by atoms with Crippen LogP contribution in [-0.4, -0.2) is 42.8 Å². The van der Waals surface area contributed by atoms with Gasteiger partial charge in [-0.3, -0.25) is 0 Å². The second-order valence-electron chi connectivity index (χ2n) is 8.43. The highest BCUT2D eigenvalue weighted by Crippen LogP contribution is 2.30. The van der Waals surface area contributed by atoms with Crippen LogP contribution in [0.25, 0.3) is 10.9 Å². The van der Waals surface area contributed by atoms with E-state index in [0.717, 1.165) is 79.0 Å². The number of rotatable bonds is 9. The fourth-order valence-electron chi connectivity index (χ4n) is 4.59. The first-order valence-electron chi connectivity index (χ1n) is 11.3. The number of fused-ring (bicyclic) bond motifs is 1. The average Bonchev–Trinajstić information content (AvgIpc) is 3.19. The maximum Gasteiger partial charge on any atom is 0.143 e. The number of aryl methyl sites for hydroxylation is 1. The first-order valence-corrected chi connectivity index (χ1v) is 11.7. The molecule has 0 bridgehead atoms. The molecule has 1 aliphatic rings. The molecule has 1 fully saturated rings. The van der Waals surface area contributed by atoms with Gasteiger partial charge in [-0.2, -0.15) is 5.26 Å². The molecule has 0 aliphatic carbocycles. The summed E-state index contributed by atoms with van der Waals surface area (Å²) in [6.45, 7) is 5.00. The third-order valence-corrected chi connectivity index (χ3v) is 6.64. The van der Waals surface area contributed by atoms with Crippen molar-refractivity contribution in [2.45, 2.75) is 32.2 Å². The number of para-hydroxylation sites is 1. The maximum absolute atomic E-state index is 9.48. The Morgan fingerprint density at radius 1 is 1.09 bits per heavy atom. The van der Waals surface area contributed by atoms with E-state index in [0.29, 0.717) is 5.56 Å². The van der Waals surface area contributed by atoms with Crippen LogP contribution in [0.2, 0.25) is 5.02 Å². The topological polar surface area (TPSA) is 50.4 Å². The van der Waals surface area contributed by atoms with Gasteiger partial charge in [-0.15, -0.1) is 0 Å². The Hall–Kier alpha value is -2.68. The summed E-state index contributed by atoms with van der Waals surface area (Å²) in [5.74, 6) is 2.44. The van der Waals surface area contributed by atoms with E-state index in [9.17, 15) is 5.26 Å². The molecule has 0 atom stereocenters. The van der Waals surface area contributed by atoms with E-state index in [2.05, 4.69) is 15.5 Å². The minimum atomic E-state index is 0.709. The summed E-state index contributed by atoms with van der Waals surface area (Å²) in [6.07, 6.45) is 6.56. The summed E-state index contributed by atoms with van der Waals surface area (Å²) in [5.41, 5.74) is 1.73. The largest absolute Gasteiger partial charge is 0.495 e. The zero-order valence-electron chi connectivity index (χ0n) is 18.6. The summed E-state index contributed by atoms with van der Waals surface area (Å²) in [7, 11) is 1.68. The molecule has 0 radical (unpaired) electrons. The second-order valence-corrected chi connectivity index (χ2v) is 8.87. The smallest absolute Gasteiger partial charge is 0.143 e. The fourth-order valence-corrected chi connectivity index (χ4v) is 4.72. The van der Waals surface area contributed by atoms with Gasteiger partial charge in [0.2, 0.25) is 0 Å². The van der Waals surface area contributed by atoms with Crippen LogP contribution in [0.1, 0.15) is 31.2 Å². The summed E-state index contributed by atoms with van der Waals surface area (Å²) < 4.78 is 13.6. The van der Waals surface area contributed by atoms with Gasteiger partial charge in [0.05, 0.1) is 24.8 Å². The number of piperidine rings is 1. The lowest BCUT2D eigenvalue weighted by Gasteiger charge is -2.32. The van der Waals surface area contributed by atoms with Crippen LogP contribution in [0.5, 0.6) is 11.5 Å². The Morgan fingerprint density at radius 2 is 1.88 bits per heavy atom. The van der Waals surface area contributed by atoms with Crippen molar-refractivity contribution in [2.24, 2.45) is 5.92 Å². The fraction of sp³-hybridized carbons (Fsp3) is 0.423. The Kier molecular flexibility index (Phi) is 7.57. The van der Waals surface area contributed by atoms with Gasteiger partial charge in [-0.1, -0.05) is 23.7 Å². The molecular formula is C26H30ClN3O2. The van der Waals surface area contributed by atoms with Crippen LogP contribution >= 0.6 is 11.6 Å². The van der Waals surface area contributed by atoms with Gasteiger partial charge in [-0.25, -0.2) is 0 Å². The summed E-state index contributed by atoms with van der Waals surface area (Å²) >= 11 is 5.92. The highest BCUT2D eigenvalue weighted by Gasteiger charge is 2.19. The molecule has 6 heteroatoms. The number of nitrogens with zero attached hydrogens (tertiary/aromatic N) is 3.